The van der Waals surface area contributed by atoms with Crippen molar-refractivity contribution in [2.45, 2.75) is 18.9 Å². The summed E-state index contributed by atoms with van der Waals surface area (Å²) in [7, 11) is 0. The fourth-order valence-electron chi connectivity index (χ4n) is 2.73. The molecule has 1 aromatic heterocycles. The molecule has 1 aliphatic heterocycles. The number of likely N-dealkylation sites (tertiary alicyclic amines) is 1. The number of hydrogen-bond donors (Lipinski definition) is 1. The molecule has 126 valence electrons. The Bertz CT molecular complexity index is 738. The molecule has 2 aromatic rings. The second kappa shape index (κ2) is 7.28. The number of benzene rings is 1. The van der Waals surface area contributed by atoms with E-state index >= 15 is 0 Å². The lowest BCUT2D eigenvalue weighted by molar-refractivity contribution is 0.0697. The zero-order chi connectivity index (χ0) is 17.1. The van der Waals surface area contributed by atoms with Crippen LogP contribution in [0.25, 0.3) is 0 Å². The molecule has 0 radical (unpaired) electrons. The fraction of sp³-hybridized carbons (Fsp3) is 0.294. The summed E-state index contributed by atoms with van der Waals surface area (Å²) in [6.07, 6.45) is 4.32. The van der Waals surface area contributed by atoms with E-state index in [4.69, 9.17) is 27.6 Å². The van der Waals surface area contributed by atoms with Crippen molar-refractivity contribution in [3.63, 3.8) is 0 Å². The predicted molar refractivity (Wildman–Crippen MR) is 91.6 cm³/mol. The van der Waals surface area contributed by atoms with Gasteiger partial charge in [-0.2, -0.15) is 0 Å². The Labute approximate surface area is 149 Å². The second-order valence-corrected chi connectivity index (χ2v) is 6.52. The van der Waals surface area contributed by atoms with Crippen molar-refractivity contribution in [3.05, 3.63) is 58.0 Å². The predicted octanol–water partition coefficient (Wildman–Crippen LogP) is 3.62. The van der Waals surface area contributed by atoms with Crippen LogP contribution in [0, 0.1) is 0 Å². The summed E-state index contributed by atoms with van der Waals surface area (Å²) in [4.78, 5) is 26.3. The van der Waals surface area contributed by atoms with Gasteiger partial charge in [-0.25, -0.2) is 0 Å². The van der Waals surface area contributed by atoms with Gasteiger partial charge in [0.25, 0.3) is 11.8 Å². The van der Waals surface area contributed by atoms with Gasteiger partial charge in [-0.3, -0.25) is 9.59 Å². The molecule has 1 N–H and O–H groups in total. The summed E-state index contributed by atoms with van der Waals surface area (Å²) in [6.45, 7) is 1.17. The van der Waals surface area contributed by atoms with Crippen molar-refractivity contribution in [3.8, 4) is 0 Å². The molecule has 0 aliphatic carbocycles. The van der Waals surface area contributed by atoms with E-state index in [1.165, 1.54) is 12.5 Å². The average molecular weight is 367 g/mol. The van der Waals surface area contributed by atoms with E-state index in [-0.39, 0.29) is 17.9 Å². The standard InChI is InChI=1S/C17H16Cl2N2O3/c18-12-1-2-14(15(19)9-12)16(22)20-13-3-6-21(7-4-13)17(23)11-5-8-24-10-11/h1-2,5,8-10,13H,3-4,6-7H2,(H,20,22). The zero-order valence-electron chi connectivity index (χ0n) is 12.8. The first-order valence-electron chi connectivity index (χ1n) is 7.62. The van der Waals surface area contributed by atoms with Gasteiger partial charge < -0.3 is 14.6 Å². The molecule has 1 aliphatic rings. The highest BCUT2D eigenvalue weighted by atomic mass is 35.5. The molecule has 1 aromatic carbocycles. The summed E-state index contributed by atoms with van der Waals surface area (Å²) in [6, 6.07) is 6.45. The van der Waals surface area contributed by atoms with Gasteiger partial charge in [0.2, 0.25) is 0 Å². The minimum absolute atomic E-state index is 0.0117. The summed E-state index contributed by atoms with van der Waals surface area (Å²) >= 11 is 11.9. The van der Waals surface area contributed by atoms with Gasteiger partial charge in [-0.15, -0.1) is 0 Å². The third-order valence-electron chi connectivity index (χ3n) is 4.06. The van der Waals surface area contributed by atoms with Crippen LogP contribution in [0.1, 0.15) is 33.6 Å². The molecule has 24 heavy (non-hydrogen) atoms. The number of nitrogens with zero attached hydrogens (tertiary/aromatic N) is 1. The zero-order valence-corrected chi connectivity index (χ0v) is 14.3. The lowest BCUT2D eigenvalue weighted by atomic mass is 10.0. The molecule has 0 bridgehead atoms. The van der Waals surface area contributed by atoms with Crippen molar-refractivity contribution >= 4 is 35.0 Å². The number of furan rings is 1. The van der Waals surface area contributed by atoms with Crippen molar-refractivity contribution in [2.75, 3.05) is 13.1 Å². The van der Waals surface area contributed by atoms with Gasteiger partial charge in [0.15, 0.2) is 0 Å². The topological polar surface area (TPSA) is 62.6 Å². The Balaban J connectivity index is 1.55. The van der Waals surface area contributed by atoms with Crippen molar-refractivity contribution in [2.24, 2.45) is 0 Å². The van der Waals surface area contributed by atoms with E-state index in [9.17, 15) is 9.59 Å². The van der Waals surface area contributed by atoms with E-state index in [2.05, 4.69) is 5.32 Å². The van der Waals surface area contributed by atoms with Crippen LogP contribution in [0.15, 0.2) is 41.2 Å². The second-order valence-electron chi connectivity index (χ2n) is 5.68. The first-order valence-corrected chi connectivity index (χ1v) is 8.37. The van der Waals surface area contributed by atoms with Crippen LogP contribution in [0.3, 0.4) is 0 Å². The molecule has 7 heteroatoms. The minimum atomic E-state index is -0.226. The van der Waals surface area contributed by atoms with E-state index in [1.807, 2.05) is 0 Å². The highest BCUT2D eigenvalue weighted by Crippen LogP contribution is 2.22. The number of piperidine rings is 1. The molecule has 1 saturated heterocycles. The highest BCUT2D eigenvalue weighted by molar-refractivity contribution is 6.36. The maximum absolute atomic E-state index is 12.3. The normalized spacial score (nSPS) is 15.3. The Morgan fingerprint density at radius 1 is 1.17 bits per heavy atom. The van der Waals surface area contributed by atoms with E-state index in [0.717, 1.165) is 0 Å². The van der Waals surface area contributed by atoms with Gasteiger partial charge >= 0.3 is 0 Å². The van der Waals surface area contributed by atoms with Crippen LogP contribution in [0.2, 0.25) is 10.0 Å². The number of hydrogen-bond acceptors (Lipinski definition) is 3. The largest absolute Gasteiger partial charge is 0.472 e. The monoisotopic (exact) mass is 366 g/mol. The first kappa shape index (κ1) is 16.9. The number of carbonyl (C=O) groups is 2. The van der Waals surface area contributed by atoms with E-state index < -0.39 is 0 Å². The third-order valence-corrected chi connectivity index (χ3v) is 4.61. The number of amides is 2. The lowest BCUT2D eigenvalue weighted by Crippen LogP contribution is -2.46. The Morgan fingerprint density at radius 3 is 2.54 bits per heavy atom. The minimum Gasteiger partial charge on any atom is -0.472 e. The SMILES string of the molecule is O=C(NC1CCN(C(=O)c2ccoc2)CC1)c1ccc(Cl)cc1Cl. The summed E-state index contributed by atoms with van der Waals surface area (Å²) in [5, 5.41) is 3.78. The smallest absolute Gasteiger partial charge is 0.257 e. The van der Waals surface area contributed by atoms with Crippen LogP contribution in [0.4, 0.5) is 0 Å². The lowest BCUT2D eigenvalue weighted by Gasteiger charge is -2.32. The van der Waals surface area contributed by atoms with Crippen LogP contribution in [-0.2, 0) is 0 Å². The molecule has 0 atom stereocenters. The van der Waals surface area contributed by atoms with Crippen LogP contribution in [-0.4, -0.2) is 35.8 Å². The number of nitrogens with one attached hydrogen (secondary N) is 1. The van der Waals surface area contributed by atoms with Crippen molar-refractivity contribution in [1.82, 2.24) is 10.2 Å². The molecular weight excluding hydrogens is 351 g/mol. The molecule has 0 saturated carbocycles. The molecule has 2 heterocycles. The Kier molecular flexibility index (Phi) is 5.11. The Morgan fingerprint density at radius 2 is 1.92 bits per heavy atom. The molecule has 0 spiro atoms. The molecule has 3 rings (SSSR count). The third kappa shape index (κ3) is 3.74. The molecular formula is C17H16Cl2N2O3. The summed E-state index contributed by atoms with van der Waals surface area (Å²) in [5.74, 6) is -0.273. The number of rotatable bonds is 3. The van der Waals surface area contributed by atoms with Crippen LogP contribution in [0.5, 0.6) is 0 Å². The molecule has 2 amide bonds. The maximum atomic E-state index is 12.3. The van der Waals surface area contributed by atoms with Gasteiger partial charge in [0.1, 0.15) is 6.26 Å². The van der Waals surface area contributed by atoms with Crippen LogP contribution >= 0.6 is 23.2 Å². The first-order chi connectivity index (χ1) is 11.5. The summed E-state index contributed by atoms with van der Waals surface area (Å²) in [5.41, 5.74) is 0.948. The van der Waals surface area contributed by atoms with Gasteiger partial charge in [-0.1, -0.05) is 23.2 Å². The number of halogens is 2. The van der Waals surface area contributed by atoms with E-state index in [1.54, 1.807) is 29.2 Å². The Hall–Kier alpha value is -1.98. The van der Waals surface area contributed by atoms with E-state index in [0.29, 0.717) is 47.1 Å². The van der Waals surface area contributed by atoms with Crippen molar-refractivity contribution in [1.29, 1.82) is 0 Å². The molecule has 1 fully saturated rings. The van der Waals surface area contributed by atoms with Crippen LogP contribution < -0.4 is 5.32 Å². The van der Waals surface area contributed by atoms with Gasteiger partial charge in [0, 0.05) is 24.2 Å². The quantitative estimate of drug-likeness (QED) is 0.901. The van der Waals surface area contributed by atoms with Gasteiger partial charge in [0.05, 0.1) is 22.4 Å². The fourth-order valence-corrected chi connectivity index (χ4v) is 3.23. The molecule has 5 nitrogen and oxygen atoms in total. The average Bonchev–Trinajstić information content (AvgIpc) is 3.09. The summed E-state index contributed by atoms with van der Waals surface area (Å²) < 4.78 is 4.94. The van der Waals surface area contributed by atoms with Crippen molar-refractivity contribution < 1.29 is 14.0 Å². The molecule has 0 unspecified atom stereocenters. The highest BCUT2D eigenvalue weighted by Gasteiger charge is 2.25. The van der Waals surface area contributed by atoms with Gasteiger partial charge in [-0.05, 0) is 37.1 Å². The maximum Gasteiger partial charge on any atom is 0.257 e. The number of carbonyl (C=O) groups excluding carboxylic acids is 2.